The van der Waals surface area contributed by atoms with E-state index in [1.807, 2.05) is 25.2 Å². The first-order valence-corrected chi connectivity index (χ1v) is 7.94. The van der Waals surface area contributed by atoms with Gasteiger partial charge in [0.2, 0.25) is 0 Å². The van der Waals surface area contributed by atoms with Crippen LogP contribution in [0.25, 0.3) is 0 Å². The number of halogens is 2. The maximum atomic E-state index is 13.5. The van der Waals surface area contributed by atoms with E-state index < -0.39 is 35.9 Å². The van der Waals surface area contributed by atoms with Crippen molar-refractivity contribution in [2.75, 3.05) is 11.9 Å². The Morgan fingerprint density at radius 1 is 1.08 bits per heavy atom. The zero-order chi connectivity index (χ0) is 19.3. The fraction of sp³-hybridized carbons (Fsp3) is 0.167. The first-order chi connectivity index (χ1) is 12.3. The molecule has 0 fully saturated rings. The molecule has 6 nitrogen and oxygen atoms in total. The number of rotatable bonds is 4. The van der Waals surface area contributed by atoms with E-state index in [9.17, 15) is 18.8 Å². The molecule has 2 aromatic carbocycles. The van der Waals surface area contributed by atoms with Gasteiger partial charge in [0.05, 0.1) is 5.56 Å². The molecule has 0 aliphatic heterocycles. The molecule has 0 saturated heterocycles. The number of anilines is 1. The second kappa shape index (κ2) is 8.44. The number of benzene rings is 2. The predicted octanol–water partition coefficient (Wildman–Crippen LogP) is 3.60. The van der Waals surface area contributed by atoms with Crippen LogP contribution in [-0.2, 0) is 9.53 Å². The minimum absolute atomic E-state index is 0.149. The first kappa shape index (κ1) is 19.4. The Labute approximate surface area is 154 Å². The van der Waals surface area contributed by atoms with Gasteiger partial charge >= 0.3 is 12.0 Å². The molecule has 2 rings (SSSR count). The minimum Gasteiger partial charge on any atom is -0.452 e. The number of esters is 1. The lowest BCUT2D eigenvalue weighted by atomic mass is 10.1. The molecule has 0 aliphatic carbocycles. The summed E-state index contributed by atoms with van der Waals surface area (Å²) in [7, 11) is 0. The summed E-state index contributed by atoms with van der Waals surface area (Å²) in [4.78, 5) is 35.2. The average Bonchev–Trinajstić information content (AvgIpc) is 2.58. The van der Waals surface area contributed by atoms with Crippen LogP contribution >= 0.6 is 11.6 Å². The zero-order valence-electron chi connectivity index (χ0n) is 14.1. The van der Waals surface area contributed by atoms with Gasteiger partial charge in [-0.25, -0.2) is 14.0 Å². The fourth-order valence-corrected chi connectivity index (χ4v) is 2.18. The Hall–Kier alpha value is -2.93. The topological polar surface area (TPSA) is 84.5 Å². The molecule has 8 heteroatoms. The monoisotopic (exact) mass is 378 g/mol. The van der Waals surface area contributed by atoms with E-state index in [0.29, 0.717) is 5.69 Å². The van der Waals surface area contributed by atoms with Crippen LogP contribution in [0.5, 0.6) is 0 Å². The van der Waals surface area contributed by atoms with E-state index in [-0.39, 0.29) is 5.02 Å². The lowest BCUT2D eigenvalue weighted by Gasteiger charge is -2.09. The highest BCUT2D eigenvalue weighted by molar-refractivity contribution is 6.30. The highest BCUT2D eigenvalue weighted by Gasteiger charge is 2.16. The Morgan fingerprint density at radius 3 is 2.50 bits per heavy atom. The molecule has 0 aromatic heterocycles. The minimum atomic E-state index is -1.06. The number of aryl methyl sites for hydroxylation is 2. The molecule has 0 unspecified atom stereocenters. The molecule has 0 radical (unpaired) electrons. The maximum Gasteiger partial charge on any atom is 0.341 e. The molecule has 3 amide bonds. The van der Waals surface area contributed by atoms with Crippen molar-refractivity contribution in [3.05, 3.63) is 63.9 Å². The van der Waals surface area contributed by atoms with Crippen molar-refractivity contribution in [3.63, 3.8) is 0 Å². The lowest BCUT2D eigenvalue weighted by molar-refractivity contribution is -0.123. The molecule has 0 bridgehead atoms. The molecule has 2 N–H and O–H groups in total. The van der Waals surface area contributed by atoms with Crippen molar-refractivity contribution >= 4 is 35.2 Å². The van der Waals surface area contributed by atoms with Crippen LogP contribution in [0.4, 0.5) is 14.9 Å². The summed E-state index contributed by atoms with van der Waals surface area (Å²) in [5, 5.41) is 4.65. The third kappa shape index (κ3) is 5.29. The number of hydrogen-bond acceptors (Lipinski definition) is 4. The van der Waals surface area contributed by atoms with Crippen LogP contribution in [0.15, 0.2) is 36.4 Å². The van der Waals surface area contributed by atoms with Crippen LogP contribution in [0.2, 0.25) is 5.02 Å². The van der Waals surface area contributed by atoms with Crippen molar-refractivity contribution in [3.8, 4) is 0 Å². The molecule has 0 aliphatic rings. The van der Waals surface area contributed by atoms with Crippen LogP contribution in [-0.4, -0.2) is 24.5 Å². The van der Waals surface area contributed by atoms with Gasteiger partial charge < -0.3 is 10.1 Å². The Bertz CT molecular complexity index is 870. The van der Waals surface area contributed by atoms with E-state index in [1.165, 1.54) is 6.07 Å². The molecule has 26 heavy (non-hydrogen) atoms. The molecule has 136 valence electrons. The third-order valence-electron chi connectivity index (χ3n) is 3.50. The van der Waals surface area contributed by atoms with E-state index >= 15 is 0 Å². The van der Waals surface area contributed by atoms with Crippen molar-refractivity contribution in [2.45, 2.75) is 13.8 Å². The second-order valence-corrected chi connectivity index (χ2v) is 5.94. The lowest BCUT2D eigenvalue weighted by Crippen LogP contribution is -2.37. The number of nitrogens with one attached hydrogen (secondary N) is 2. The normalized spacial score (nSPS) is 10.2. The summed E-state index contributed by atoms with van der Waals surface area (Å²) in [6, 6.07) is 7.86. The number of urea groups is 1. The summed E-state index contributed by atoms with van der Waals surface area (Å²) < 4.78 is 18.2. The summed E-state index contributed by atoms with van der Waals surface area (Å²) in [5.41, 5.74) is 2.15. The van der Waals surface area contributed by atoms with Crippen LogP contribution in [0, 0.1) is 19.7 Å². The Kier molecular flexibility index (Phi) is 6.30. The molecule has 0 saturated carbocycles. The molecular weight excluding hydrogens is 363 g/mol. The van der Waals surface area contributed by atoms with Crippen molar-refractivity contribution in [2.24, 2.45) is 0 Å². The second-order valence-electron chi connectivity index (χ2n) is 5.50. The average molecular weight is 379 g/mol. The summed E-state index contributed by atoms with van der Waals surface area (Å²) in [6.07, 6.45) is 0. The number of carbonyl (C=O) groups is 3. The summed E-state index contributed by atoms with van der Waals surface area (Å²) in [6.45, 7) is 3.07. The predicted molar refractivity (Wildman–Crippen MR) is 94.8 cm³/mol. The molecule has 0 heterocycles. The number of amides is 3. The van der Waals surface area contributed by atoms with Gasteiger partial charge in [-0.2, -0.15) is 0 Å². The van der Waals surface area contributed by atoms with E-state index in [2.05, 4.69) is 10.1 Å². The van der Waals surface area contributed by atoms with Gasteiger partial charge in [-0.15, -0.1) is 0 Å². The van der Waals surface area contributed by atoms with E-state index in [4.69, 9.17) is 11.6 Å². The van der Waals surface area contributed by atoms with Crippen LogP contribution in [0.1, 0.15) is 21.5 Å². The quantitative estimate of drug-likeness (QED) is 0.796. The Balaban J connectivity index is 1.86. The molecule has 2 aromatic rings. The first-order valence-electron chi connectivity index (χ1n) is 7.56. The Morgan fingerprint density at radius 2 is 1.81 bits per heavy atom. The number of carbonyl (C=O) groups excluding carboxylic acids is 3. The highest BCUT2D eigenvalue weighted by atomic mass is 35.5. The summed E-state index contributed by atoms with van der Waals surface area (Å²) >= 11 is 5.68. The van der Waals surface area contributed by atoms with Gasteiger partial charge in [0, 0.05) is 10.7 Å². The fourth-order valence-electron chi connectivity index (χ4n) is 2.01. The van der Waals surface area contributed by atoms with Gasteiger partial charge in [-0.3, -0.25) is 10.1 Å². The largest absolute Gasteiger partial charge is 0.452 e. The highest BCUT2D eigenvalue weighted by Crippen LogP contribution is 2.16. The summed E-state index contributed by atoms with van der Waals surface area (Å²) in [5.74, 6) is -2.75. The maximum absolute atomic E-state index is 13.5. The number of imide groups is 1. The van der Waals surface area contributed by atoms with Crippen LogP contribution in [0.3, 0.4) is 0 Å². The van der Waals surface area contributed by atoms with Crippen molar-refractivity contribution in [1.82, 2.24) is 5.32 Å². The van der Waals surface area contributed by atoms with Gasteiger partial charge in [0.1, 0.15) is 5.82 Å². The third-order valence-corrected chi connectivity index (χ3v) is 3.74. The van der Waals surface area contributed by atoms with E-state index in [0.717, 1.165) is 23.3 Å². The smallest absolute Gasteiger partial charge is 0.341 e. The zero-order valence-corrected chi connectivity index (χ0v) is 14.8. The van der Waals surface area contributed by atoms with Gasteiger partial charge in [-0.1, -0.05) is 17.7 Å². The van der Waals surface area contributed by atoms with Crippen molar-refractivity contribution in [1.29, 1.82) is 0 Å². The molecular formula is C18H16ClFN2O4. The SMILES string of the molecule is Cc1ccc(NC(=O)NC(=O)COC(=O)c2cc(Cl)ccc2F)cc1C. The van der Waals surface area contributed by atoms with Gasteiger partial charge in [-0.05, 0) is 55.3 Å². The van der Waals surface area contributed by atoms with Gasteiger partial charge in [0.25, 0.3) is 5.91 Å². The van der Waals surface area contributed by atoms with Gasteiger partial charge in [0.15, 0.2) is 6.61 Å². The number of ether oxygens (including phenoxy) is 1. The molecule has 0 spiro atoms. The standard InChI is InChI=1S/C18H16ClFN2O4/c1-10-3-5-13(7-11(10)2)21-18(25)22-16(23)9-26-17(24)14-8-12(19)4-6-15(14)20/h3-8H,9H2,1-2H3,(H2,21,22,23,25). The van der Waals surface area contributed by atoms with E-state index in [1.54, 1.807) is 12.1 Å². The van der Waals surface area contributed by atoms with Crippen LogP contribution < -0.4 is 10.6 Å². The molecule has 0 atom stereocenters. The number of hydrogen-bond donors (Lipinski definition) is 2. The van der Waals surface area contributed by atoms with Crippen molar-refractivity contribution < 1.29 is 23.5 Å².